The van der Waals surface area contributed by atoms with Gasteiger partial charge in [-0.05, 0) is 53.0 Å². The molecule has 78 valence electrons. The van der Waals surface area contributed by atoms with Crippen LogP contribution >= 0.6 is 46.4 Å². The van der Waals surface area contributed by atoms with Crippen molar-refractivity contribution in [2.75, 3.05) is 5.84 Å². The molecule has 3 N–H and O–H groups in total. The smallest absolute Gasteiger partial charge is 0.214 e. The summed E-state index contributed by atoms with van der Waals surface area (Å²) in [5.41, 5.74) is 0.829. The molecule has 2 rings (SSSR count). The first-order valence-electron chi connectivity index (χ1n) is 3.97. The van der Waals surface area contributed by atoms with E-state index in [9.17, 15) is 0 Å². The third kappa shape index (κ3) is 2.01. The van der Waals surface area contributed by atoms with E-state index in [1.165, 1.54) is 4.68 Å². The van der Waals surface area contributed by atoms with Crippen LogP contribution in [0, 0.1) is 8.34 Å². The summed E-state index contributed by atoms with van der Waals surface area (Å²) in [5.74, 6) is 6.26. The fraction of sp³-hybridized carbons (Fsp3) is 0. The minimum atomic E-state index is 0.375. The first kappa shape index (κ1) is 10.9. The van der Waals surface area contributed by atoms with E-state index in [0.29, 0.717) is 15.6 Å². The van der Waals surface area contributed by atoms with Gasteiger partial charge in [0.25, 0.3) is 0 Å². The number of halogens is 2. The second-order valence-electron chi connectivity index (χ2n) is 2.85. The maximum atomic E-state index is 6.00. The van der Waals surface area contributed by atoms with E-state index in [0.717, 1.165) is 9.13 Å². The Balaban J connectivity index is 2.59. The highest BCUT2D eigenvalue weighted by atomic mass is 127. The Morgan fingerprint density at radius 1 is 1.53 bits per heavy atom. The van der Waals surface area contributed by atoms with Crippen molar-refractivity contribution < 1.29 is 0 Å². The van der Waals surface area contributed by atoms with Gasteiger partial charge in [-0.2, -0.15) is 5.10 Å². The lowest BCUT2D eigenvalue weighted by molar-refractivity contribution is 0.984. The van der Waals surface area contributed by atoms with Crippen LogP contribution in [0.4, 0.5) is 0 Å². The van der Waals surface area contributed by atoms with Gasteiger partial charge in [-0.25, -0.2) is 9.77 Å². The lowest BCUT2D eigenvalue weighted by Crippen LogP contribution is -2.09. The van der Waals surface area contributed by atoms with Crippen molar-refractivity contribution >= 4 is 46.4 Å². The number of hydrogen-bond donors (Lipinski definition) is 2. The fourth-order valence-electron chi connectivity index (χ4n) is 1.14. The molecule has 1 aromatic heterocycles. The number of nitrogens with one attached hydrogen (secondary N) is 1. The number of nitrogens with two attached hydrogens (primary N) is 1. The molecule has 0 fully saturated rings. The Labute approximate surface area is 110 Å². The number of benzene rings is 1. The van der Waals surface area contributed by atoms with Crippen LogP contribution in [-0.4, -0.2) is 14.9 Å². The van der Waals surface area contributed by atoms with Crippen molar-refractivity contribution in [2.24, 2.45) is 0 Å². The molecule has 15 heavy (non-hydrogen) atoms. The van der Waals surface area contributed by atoms with Crippen molar-refractivity contribution in [1.82, 2.24) is 14.9 Å². The summed E-state index contributed by atoms with van der Waals surface area (Å²) in [6.45, 7) is 0. The normalized spacial score (nSPS) is 10.5. The van der Waals surface area contributed by atoms with Gasteiger partial charge in [0.05, 0.1) is 5.02 Å². The molecule has 0 atom stereocenters. The topological polar surface area (TPSA) is 59.6 Å². The Kier molecular flexibility index (Phi) is 2.98. The van der Waals surface area contributed by atoms with Gasteiger partial charge < -0.3 is 5.84 Å². The van der Waals surface area contributed by atoms with Gasteiger partial charge in [-0.1, -0.05) is 11.6 Å². The summed E-state index contributed by atoms with van der Waals surface area (Å²) in [6.07, 6.45) is 0. The molecule has 1 heterocycles. The third-order valence-electron chi connectivity index (χ3n) is 1.88. The fourth-order valence-corrected chi connectivity index (χ4v) is 1.79. The molecule has 0 bridgehead atoms. The highest BCUT2D eigenvalue weighted by molar-refractivity contribution is 14.1. The quantitative estimate of drug-likeness (QED) is 0.471. The second-order valence-corrected chi connectivity index (χ2v) is 4.81. The maximum Gasteiger partial charge on any atom is 0.214 e. The van der Waals surface area contributed by atoms with E-state index in [-0.39, 0.29) is 0 Å². The SMILES string of the molecule is Nn1c(-c2ccc(I)c(Cl)c2)n[nH]c1=S. The molecular formula is C8H6ClIN4S. The molecule has 0 aliphatic heterocycles. The van der Waals surface area contributed by atoms with Gasteiger partial charge in [-0.3, -0.25) is 0 Å². The van der Waals surface area contributed by atoms with Gasteiger partial charge in [0.2, 0.25) is 4.77 Å². The zero-order chi connectivity index (χ0) is 11.0. The molecule has 1 aromatic carbocycles. The monoisotopic (exact) mass is 352 g/mol. The van der Waals surface area contributed by atoms with Crippen molar-refractivity contribution in [1.29, 1.82) is 0 Å². The average molecular weight is 353 g/mol. The summed E-state index contributed by atoms with van der Waals surface area (Å²) in [5, 5.41) is 7.30. The van der Waals surface area contributed by atoms with Crippen LogP contribution in [0.25, 0.3) is 11.4 Å². The second kappa shape index (κ2) is 4.11. The Hall–Kier alpha value is -0.600. The largest absolute Gasteiger partial charge is 0.335 e. The minimum absolute atomic E-state index is 0.375. The lowest BCUT2D eigenvalue weighted by atomic mass is 10.2. The molecule has 0 aliphatic rings. The zero-order valence-electron chi connectivity index (χ0n) is 7.37. The molecule has 0 spiro atoms. The van der Waals surface area contributed by atoms with Crippen LogP contribution in [0.1, 0.15) is 0 Å². The first-order valence-corrected chi connectivity index (χ1v) is 5.84. The van der Waals surface area contributed by atoms with E-state index in [4.69, 9.17) is 29.7 Å². The maximum absolute atomic E-state index is 6.00. The van der Waals surface area contributed by atoms with Crippen molar-refractivity contribution in [3.8, 4) is 11.4 Å². The van der Waals surface area contributed by atoms with Crippen molar-refractivity contribution in [3.63, 3.8) is 0 Å². The van der Waals surface area contributed by atoms with Crippen LogP contribution < -0.4 is 5.84 Å². The molecule has 0 unspecified atom stereocenters. The summed E-state index contributed by atoms with van der Waals surface area (Å²) >= 11 is 13.1. The number of rotatable bonds is 1. The summed E-state index contributed by atoms with van der Waals surface area (Å²) in [4.78, 5) is 0. The van der Waals surface area contributed by atoms with E-state index >= 15 is 0 Å². The van der Waals surface area contributed by atoms with Gasteiger partial charge in [-0.15, -0.1) is 0 Å². The van der Waals surface area contributed by atoms with Gasteiger partial charge in [0.15, 0.2) is 5.82 Å². The number of nitrogen functional groups attached to an aromatic ring is 1. The van der Waals surface area contributed by atoms with Crippen molar-refractivity contribution in [3.05, 3.63) is 31.6 Å². The number of nitrogens with zero attached hydrogens (tertiary/aromatic N) is 2. The first-order chi connectivity index (χ1) is 7.09. The van der Waals surface area contributed by atoms with E-state index in [2.05, 4.69) is 32.8 Å². The molecule has 0 saturated heterocycles. The number of H-pyrrole nitrogens is 1. The standard InChI is InChI=1S/C8H6ClIN4S/c9-5-3-4(1-2-6(5)10)7-12-13-8(15)14(7)11/h1-3H,11H2,(H,13,15). The number of aromatic amines is 1. The number of aromatic nitrogens is 3. The molecule has 0 radical (unpaired) electrons. The van der Waals surface area contributed by atoms with Crippen LogP contribution in [0.5, 0.6) is 0 Å². The van der Waals surface area contributed by atoms with E-state index in [1.54, 1.807) is 6.07 Å². The van der Waals surface area contributed by atoms with Crippen LogP contribution in [0.3, 0.4) is 0 Å². The Morgan fingerprint density at radius 2 is 2.27 bits per heavy atom. The average Bonchev–Trinajstić information content (AvgIpc) is 2.53. The van der Waals surface area contributed by atoms with Crippen LogP contribution in [0.2, 0.25) is 5.02 Å². The molecule has 0 amide bonds. The number of hydrogen-bond acceptors (Lipinski definition) is 3. The molecule has 7 heteroatoms. The predicted octanol–water partition coefficient (Wildman–Crippen LogP) is 2.58. The summed E-state index contributed by atoms with van der Waals surface area (Å²) in [6, 6.07) is 5.59. The predicted molar refractivity (Wildman–Crippen MR) is 70.7 cm³/mol. The van der Waals surface area contributed by atoms with Crippen molar-refractivity contribution in [2.45, 2.75) is 0 Å². The van der Waals surface area contributed by atoms with Gasteiger partial charge in [0.1, 0.15) is 0 Å². The molecular weight excluding hydrogens is 347 g/mol. The molecule has 4 nitrogen and oxygen atoms in total. The Bertz CT molecular complexity index is 562. The summed E-state index contributed by atoms with van der Waals surface area (Å²) < 4.78 is 2.67. The molecule has 0 saturated carbocycles. The van der Waals surface area contributed by atoms with E-state index < -0.39 is 0 Å². The zero-order valence-corrected chi connectivity index (χ0v) is 11.1. The lowest BCUT2D eigenvalue weighted by Gasteiger charge is -2.01. The molecule has 2 aromatic rings. The van der Waals surface area contributed by atoms with Crippen LogP contribution in [0.15, 0.2) is 18.2 Å². The highest BCUT2D eigenvalue weighted by Crippen LogP contribution is 2.24. The highest BCUT2D eigenvalue weighted by Gasteiger charge is 2.07. The molecule has 0 aliphatic carbocycles. The summed E-state index contributed by atoms with van der Waals surface area (Å²) in [7, 11) is 0. The third-order valence-corrected chi connectivity index (χ3v) is 3.74. The Morgan fingerprint density at radius 3 is 2.80 bits per heavy atom. The van der Waals surface area contributed by atoms with E-state index in [1.807, 2.05) is 12.1 Å². The van der Waals surface area contributed by atoms with Gasteiger partial charge in [0, 0.05) is 9.13 Å². The minimum Gasteiger partial charge on any atom is -0.335 e. The van der Waals surface area contributed by atoms with Gasteiger partial charge >= 0.3 is 0 Å². The van der Waals surface area contributed by atoms with Crippen LogP contribution in [-0.2, 0) is 0 Å².